The molecule has 1 aromatic heterocycles. The Hall–Kier alpha value is -1.21. The molecule has 1 unspecified atom stereocenters. The van der Waals surface area contributed by atoms with Crippen LogP contribution in [-0.4, -0.2) is 36.1 Å². The Morgan fingerprint density at radius 2 is 2.06 bits per heavy atom. The van der Waals surface area contributed by atoms with Crippen molar-refractivity contribution in [2.75, 3.05) is 11.4 Å². The van der Waals surface area contributed by atoms with Crippen LogP contribution in [0.2, 0.25) is 0 Å². The summed E-state index contributed by atoms with van der Waals surface area (Å²) < 4.78 is 22.4. The van der Waals surface area contributed by atoms with Gasteiger partial charge < -0.3 is 0 Å². The maximum absolute atomic E-state index is 11.7. The van der Waals surface area contributed by atoms with E-state index in [1.807, 2.05) is 0 Å². The van der Waals surface area contributed by atoms with Crippen LogP contribution >= 0.6 is 10.7 Å². The molecule has 0 saturated carbocycles. The van der Waals surface area contributed by atoms with E-state index >= 15 is 0 Å². The van der Waals surface area contributed by atoms with Crippen molar-refractivity contribution in [1.82, 2.24) is 9.97 Å². The molecule has 92 valence electrons. The van der Waals surface area contributed by atoms with Crippen LogP contribution in [0.1, 0.15) is 12.1 Å². The smallest absolute Gasteiger partial charge is 0.237 e. The van der Waals surface area contributed by atoms with Crippen LogP contribution in [0, 0.1) is 6.92 Å². The summed E-state index contributed by atoms with van der Waals surface area (Å²) in [7, 11) is 1.53. The highest BCUT2D eigenvalue weighted by Gasteiger charge is 2.39. The Morgan fingerprint density at radius 3 is 2.59 bits per heavy atom. The molecule has 0 aliphatic carbocycles. The summed E-state index contributed by atoms with van der Waals surface area (Å²) in [5.41, 5.74) is 0.577. The third-order valence-electron chi connectivity index (χ3n) is 2.60. The Bertz CT molecular complexity index is 560. The number of carbonyl (C=O) groups is 1. The highest BCUT2D eigenvalue weighted by Crippen LogP contribution is 2.26. The average Bonchev–Trinajstić information content (AvgIpc) is 2.61. The lowest BCUT2D eigenvalue weighted by Crippen LogP contribution is -2.28. The van der Waals surface area contributed by atoms with Gasteiger partial charge >= 0.3 is 0 Å². The van der Waals surface area contributed by atoms with Gasteiger partial charge in [-0.2, -0.15) is 0 Å². The van der Waals surface area contributed by atoms with Crippen molar-refractivity contribution in [3.8, 4) is 0 Å². The molecule has 8 heteroatoms. The second-order valence-electron chi connectivity index (χ2n) is 3.77. The molecule has 0 spiro atoms. The van der Waals surface area contributed by atoms with Crippen molar-refractivity contribution in [2.24, 2.45) is 0 Å². The van der Waals surface area contributed by atoms with E-state index in [-0.39, 0.29) is 18.9 Å². The van der Waals surface area contributed by atoms with Crippen LogP contribution < -0.4 is 4.90 Å². The molecule has 0 N–H and O–H groups in total. The zero-order valence-corrected chi connectivity index (χ0v) is 10.6. The maximum Gasteiger partial charge on any atom is 0.237 e. The summed E-state index contributed by atoms with van der Waals surface area (Å²) in [4.78, 5) is 21.1. The average molecular weight is 276 g/mol. The van der Waals surface area contributed by atoms with Gasteiger partial charge in [0.25, 0.3) is 0 Å². The van der Waals surface area contributed by atoms with Gasteiger partial charge in [-0.3, -0.25) is 14.7 Å². The number of amides is 1. The minimum absolute atomic E-state index is 0.0319. The number of hydrogen-bond acceptors (Lipinski definition) is 5. The number of carbonyl (C=O) groups excluding carboxylic acids is 1. The third-order valence-corrected chi connectivity index (χ3v) is 4.47. The Morgan fingerprint density at radius 1 is 1.41 bits per heavy atom. The van der Waals surface area contributed by atoms with Gasteiger partial charge in [-0.05, 0) is 6.92 Å². The molecule has 1 amide bonds. The van der Waals surface area contributed by atoms with E-state index in [4.69, 9.17) is 10.7 Å². The Kier molecular flexibility index (Phi) is 3.05. The first-order chi connectivity index (χ1) is 7.89. The predicted octanol–water partition coefficient (Wildman–Crippen LogP) is 0.459. The first-order valence-electron chi connectivity index (χ1n) is 4.91. The summed E-state index contributed by atoms with van der Waals surface area (Å²) in [6, 6.07) is 0. The lowest BCUT2D eigenvalue weighted by molar-refractivity contribution is -0.117. The molecular weight excluding hydrogens is 266 g/mol. The second-order valence-corrected chi connectivity index (χ2v) is 6.68. The molecule has 1 aliphatic heterocycles. The summed E-state index contributed by atoms with van der Waals surface area (Å²) >= 11 is 0. The zero-order chi connectivity index (χ0) is 12.6. The molecule has 1 fully saturated rings. The van der Waals surface area contributed by atoms with Crippen LogP contribution in [0.4, 0.5) is 5.82 Å². The standard InChI is InChI=1S/C9H10ClN3O3S/c1-6-9(12-3-2-11-6)13-5-7(4-8(13)14)17(10,15)16/h2-3,7H,4-5H2,1H3. The van der Waals surface area contributed by atoms with E-state index in [1.54, 1.807) is 6.92 Å². The van der Waals surface area contributed by atoms with Gasteiger partial charge in [-0.25, -0.2) is 13.4 Å². The first kappa shape index (κ1) is 12.3. The normalized spacial score (nSPS) is 20.9. The largest absolute Gasteiger partial charge is 0.294 e. The summed E-state index contributed by atoms with van der Waals surface area (Å²) in [5, 5.41) is -0.877. The second kappa shape index (κ2) is 4.23. The summed E-state index contributed by atoms with van der Waals surface area (Å²) in [5.74, 6) is 0.0862. The van der Waals surface area contributed by atoms with E-state index < -0.39 is 14.3 Å². The number of aromatic nitrogens is 2. The zero-order valence-electron chi connectivity index (χ0n) is 9.00. The van der Waals surface area contributed by atoms with Crippen LogP contribution in [0.3, 0.4) is 0 Å². The van der Waals surface area contributed by atoms with E-state index in [0.717, 1.165) is 0 Å². The van der Waals surface area contributed by atoms with Crippen molar-refractivity contribution >= 4 is 31.5 Å². The van der Waals surface area contributed by atoms with Gasteiger partial charge in [0.1, 0.15) is 5.25 Å². The van der Waals surface area contributed by atoms with Crippen molar-refractivity contribution in [3.63, 3.8) is 0 Å². The number of hydrogen-bond donors (Lipinski definition) is 0. The first-order valence-corrected chi connectivity index (χ1v) is 7.28. The number of anilines is 1. The summed E-state index contributed by atoms with van der Waals surface area (Å²) in [6.45, 7) is 1.74. The van der Waals surface area contributed by atoms with Gasteiger partial charge in [0.05, 0.1) is 5.69 Å². The van der Waals surface area contributed by atoms with E-state index in [2.05, 4.69) is 9.97 Å². The predicted molar refractivity (Wildman–Crippen MR) is 62.3 cm³/mol. The Labute approximate surface area is 103 Å². The fourth-order valence-corrected chi connectivity index (χ4v) is 2.76. The highest BCUT2D eigenvalue weighted by atomic mass is 35.7. The molecule has 17 heavy (non-hydrogen) atoms. The van der Waals surface area contributed by atoms with Crippen molar-refractivity contribution in [1.29, 1.82) is 0 Å². The lowest BCUT2D eigenvalue weighted by Gasteiger charge is -2.16. The molecule has 6 nitrogen and oxygen atoms in total. The SMILES string of the molecule is Cc1nccnc1N1CC(S(=O)(=O)Cl)CC1=O. The number of aryl methyl sites for hydroxylation is 1. The molecule has 0 radical (unpaired) electrons. The maximum atomic E-state index is 11.7. The Balaban J connectivity index is 2.31. The number of halogens is 1. The number of nitrogens with zero attached hydrogens (tertiary/aromatic N) is 3. The van der Waals surface area contributed by atoms with Crippen LogP contribution in [0.5, 0.6) is 0 Å². The molecule has 0 aromatic carbocycles. The number of rotatable bonds is 2. The van der Waals surface area contributed by atoms with Gasteiger partial charge in [-0.1, -0.05) is 0 Å². The van der Waals surface area contributed by atoms with Crippen LogP contribution in [-0.2, 0) is 13.8 Å². The molecular formula is C9H10ClN3O3S. The van der Waals surface area contributed by atoms with Gasteiger partial charge in [0.2, 0.25) is 15.0 Å². The minimum atomic E-state index is -3.73. The van der Waals surface area contributed by atoms with E-state index in [0.29, 0.717) is 11.5 Å². The molecule has 1 aromatic rings. The van der Waals surface area contributed by atoms with Crippen molar-refractivity contribution in [2.45, 2.75) is 18.6 Å². The molecule has 1 atom stereocenters. The molecule has 0 bridgehead atoms. The molecule has 2 rings (SSSR count). The molecule has 1 aliphatic rings. The summed E-state index contributed by atoms with van der Waals surface area (Å²) in [6.07, 6.45) is 2.86. The third kappa shape index (κ3) is 2.39. The van der Waals surface area contributed by atoms with Gasteiger partial charge in [0, 0.05) is 36.0 Å². The van der Waals surface area contributed by atoms with Gasteiger partial charge in [0.15, 0.2) is 5.82 Å². The quantitative estimate of drug-likeness (QED) is 0.733. The van der Waals surface area contributed by atoms with Crippen molar-refractivity contribution < 1.29 is 13.2 Å². The fraction of sp³-hybridized carbons (Fsp3) is 0.444. The monoisotopic (exact) mass is 275 g/mol. The van der Waals surface area contributed by atoms with Gasteiger partial charge in [-0.15, -0.1) is 0 Å². The topological polar surface area (TPSA) is 80.2 Å². The molecule has 2 heterocycles. The van der Waals surface area contributed by atoms with E-state index in [9.17, 15) is 13.2 Å². The van der Waals surface area contributed by atoms with Crippen molar-refractivity contribution in [3.05, 3.63) is 18.1 Å². The van der Waals surface area contributed by atoms with Crippen LogP contribution in [0.15, 0.2) is 12.4 Å². The molecule has 1 saturated heterocycles. The minimum Gasteiger partial charge on any atom is -0.294 e. The van der Waals surface area contributed by atoms with E-state index in [1.165, 1.54) is 17.3 Å². The van der Waals surface area contributed by atoms with Crippen LogP contribution in [0.25, 0.3) is 0 Å². The fourth-order valence-electron chi connectivity index (χ4n) is 1.73. The highest BCUT2D eigenvalue weighted by molar-refractivity contribution is 8.14. The lowest BCUT2D eigenvalue weighted by atomic mass is 10.4.